The Balaban J connectivity index is 2.03. The van der Waals surface area contributed by atoms with Crippen molar-refractivity contribution >= 4 is 11.8 Å². The van der Waals surface area contributed by atoms with E-state index in [1.165, 1.54) is 6.92 Å². The van der Waals surface area contributed by atoms with E-state index in [1.807, 2.05) is 0 Å². The number of nitrogens with zero attached hydrogens (tertiary/aromatic N) is 1. The smallest absolute Gasteiger partial charge is 0.303 e. The van der Waals surface area contributed by atoms with Crippen LogP contribution in [0.25, 0.3) is 0 Å². The normalized spacial score (nSPS) is 21.5. The van der Waals surface area contributed by atoms with Gasteiger partial charge in [0, 0.05) is 13.3 Å². The standard InChI is InChI=1S/C15H17NO3/c1-9(17)19-13-7-3-5-11-8-10-4-2-6-12(18)14(10)16-15(11)13/h8,13H,2-7H2,1H3. The molecular formula is C15H17NO3. The molecule has 0 spiro atoms. The molecule has 1 aromatic rings. The molecule has 0 fully saturated rings. The summed E-state index contributed by atoms with van der Waals surface area (Å²) in [6.07, 6.45) is 4.91. The Morgan fingerprint density at radius 1 is 1.26 bits per heavy atom. The maximum Gasteiger partial charge on any atom is 0.303 e. The quantitative estimate of drug-likeness (QED) is 0.727. The molecule has 0 aromatic carbocycles. The molecule has 3 rings (SSSR count). The molecule has 2 aliphatic rings. The highest BCUT2D eigenvalue weighted by atomic mass is 16.5. The third-order valence-corrected chi connectivity index (χ3v) is 3.85. The van der Waals surface area contributed by atoms with Crippen molar-refractivity contribution in [3.8, 4) is 0 Å². The molecule has 0 bridgehead atoms. The monoisotopic (exact) mass is 259 g/mol. The summed E-state index contributed by atoms with van der Waals surface area (Å²) in [6.45, 7) is 1.41. The number of Topliss-reactive ketones (excluding diaryl/α,β-unsaturated/α-hetero) is 1. The summed E-state index contributed by atoms with van der Waals surface area (Å²) in [5.74, 6) is -0.167. The van der Waals surface area contributed by atoms with Gasteiger partial charge in [0.05, 0.1) is 5.69 Å². The number of ketones is 1. The second kappa shape index (κ2) is 4.76. The summed E-state index contributed by atoms with van der Waals surface area (Å²) in [7, 11) is 0. The van der Waals surface area contributed by atoms with Crippen molar-refractivity contribution in [2.24, 2.45) is 0 Å². The number of esters is 1. The first-order valence-corrected chi connectivity index (χ1v) is 6.88. The van der Waals surface area contributed by atoms with Crippen LogP contribution in [0.5, 0.6) is 0 Å². The lowest BCUT2D eigenvalue weighted by atomic mass is 9.87. The van der Waals surface area contributed by atoms with Crippen molar-refractivity contribution in [3.63, 3.8) is 0 Å². The van der Waals surface area contributed by atoms with Gasteiger partial charge >= 0.3 is 5.97 Å². The molecule has 0 N–H and O–H groups in total. The van der Waals surface area contributed by atoms with Crippen LogP contribution in [-0.2, 0) is 22.4 Å². The molecule has 0 radical (unpaired) electrons. The summed E-state index contributed by atoms with van der Waals surface area (Å²) < 4.78 is 5.33. The van der Waals surface area contributed by atoms with Crippen LogP contribution in [0.1, 0.15) is 66.0 Å². The maximum atomic E-state index is 11.9. The average molecular weight is 259 g/mol. The van der Waals surface area contributed by atoms with E-state index in [0.29, 0.717) is 12.1 Å². The van der Waals surface area contributed by atoms with Crippen LogP contribution >= 0.6 is 0 Å². The molecule has 1 aromatic heterocycles. The third-order valence-electron chi connectivity index (χ3n) is 3.85. The average Bonchev–Trinajstić information content (AvgIpc) is 2.37. The molecule has 1 heterocycles. The van der Waals surface area contributed by atoms with Crippen molar-refractivity contribution in [1.29, 1.82) is 0 Å². The lowest BCUT2D eigenvalue weighted by Gasteiger charge is -2.26. The Hall–Kier alpha value is -1.71. The van der Waals surface area contributed by atoms with E-state index in [0.717, 1.165) is 48.9 Å². The Labute approximate surface area is 112 Å². The van der Waals surface area contributed by atoms with Gasteiger partial charge < -0.3 is 4.74 Å². The molecule has 4 nitrogen and oxygen atoms in total. The van der Waals surface area contributed by atoms with Gasteiger partial charge in [-0.15, -0.1) is 0 Å². The SMILES string of the molecule is CC(=O)OC1CCCc2cc3c(nc21)C(=O)CCC3. The van der Waals surface area contributed by atoms with E-state index >= 15 is 0 Å². The summed E-state index contributed by atoms with van der Waals surface area (Å²) in [6, 6.07) is 2.10. The first-order chi connectivity index (χ1) is 9.15. The Bertz CT molecular complexity index is 551. The van der Waals surface area contributed by atoms with Gasteiger partial charge in [0.1, 0.15) is 11.8 Å². The molecule has 0 saturated carbocycles. The van der Waals surface area contributed by atoms with Gasteiger partial charge in [0.2, 0.25) is 0 Å². The van der Waals surface area contributed by atoms with Crippen LogP contribution in [0.4, 0.5) is 0 Å². The number of fused-ring (bicyclic) bond motifs is 2. The maximum absolute atomic E-state index is 11.9. The second-order valence-electron chi connectivity index (χ2n) is 5.31. The molecule has 1 atom stereocenters. The number of carbonyl (C=O) groups is 2. The van der Waals surface area contributed by atoms with Crippen LogP contribution in [0, 0.1) is 0 Å². The zero-order valence-electron chi connectivity index (χ0n) is 11.1. The van der Waals surface area contributed by atoms with E-state index in [2.05, 4.69) is 11.1 Å². The minimum atomic E-state index is -0.288. The fourth-order valence-electron chi connectivity index (χ4n) is 3.02. The largest absolute Gasteiger partial charge is 0.456 e. The molecule has 4 heteroatoms. The van der Waals surface area contributed by atoms with Crippen LogP contribution in [0.3, 0.4) is 0 Å². The number of aryl methyl sites for hydroxylation is 2. The first-order valence-electron chi connectivity index (χ1n) is 6.88. The third kappa shape index (κ3) is 2.27. The van der Waals surface area contributed by atoms with Gasteiger partial charge in [-0.3, -0.25) is 9.59 Å². The lowest BCUT2D eigenvalue weighted by Crippen LogP contribution is -2.22. The minimum absolute atomic E-state index is 0.121. The first kappa shape index (κ1) is 12.3. The van der Waals surface area contributed by atoms with Gasteiger partial charge in [0.15, 0.2) is 5.78 Å². The summed E-state index contributed by atoms with van der Waals surface area (Å²) >= 11 is 0. The van der Waals surface area contributed by atoms with Gasteiger partial charge in [0.25, 0.3) is 0 Å². The van der Waals surface area contributed by atoms with Crippen molar-refractivity contribution in [2.45, 2.75) is 51.6 Å². The lowest BCUT2D eigenvalue weighted by molar-refractivity contribution is -0.147. The van der Waals surface area contributed by atoms with Crippen LogP contribution in [0.2, 0.25) is 0 Å². The van der Waals surface area contributed by atoms with Crippen molar-refractivity contribution < 1.29 is 14.3 Å². The Morgan fingerprint density at radius 2 is 2.05 bits per heavy atom. The van der Waals surface area contributed by atoms with Gasteiger partial charge in [-0.2, -0.15) is 0 Å². The second-order valence-corrected chi connectivity index (χ2v) is 5.31. The van der Waals surface area contributed by atoms with Crippen LogP contribution < -0.4 is 0 Å². The number of ether oxygens (including phenoxy) is 1. The van der Waals surface area contributed by atoms with E-state index < -0.39 is 0 Å². The highest BCUT2D eigenvalue weighted by Gasteiger charge is 2.28. The number of hydrogen-bond donors (Lipinski definition) is 0. The molecule has 0 saturated heterocycles. The molecule has 2 aliphatic carbocycles. The highest BCUT2D eigenvalue weighted by Crippen LogP contribution is 2.34. The summed E-state index contributed by atoms with van der Waals surface area (Å²) in [4.78, 5) is 27.6. The predicted octanol–water partition coefficient (Wildman–Crippen LogP) is 2.54. The van der Waals surface area contributed by atoms with E-state index in [4.69, 9.17) is 4.74 Å². The summed E-state index contributed by atoms with van der Waals surface area (Å²) in [5, 5.41) is 0. The topological polar surface area (TPSA) is 56.3 Å². The molecule has 100 valence electrons. The van der Waals surface area contributed by atoms with Gasteiger partial charge in [-0.05, 0) is 43.2 Å². The zero-order chi connectivity index (χ0) is 13.4. The fourth-order valence-corrected chi connectivity index (χ4v) is 3.02. The number of carbonyl (C=O) groups excluding carboxylic acids is 2. The predicted molar refractivity (Wildman–Crippen MR) is 69.0 cm³/mol. The highest BCUT2D eigenvalue weighted by molar-refractivity contribution is 5.96. The van der Waals surface area contributed by atoms with Crippen molar-refractivity contribution in [3.05, 3.63) is 28.6 Å². The van der Waals surface area contributed by atoms with Gasteiger partial charge in [-0.25, -0.2) is 4.98 Å². The number of aromatic nitrogens is 1. The molecule has 19 heavy (non-hydrogen) atoms. The van der Waals surface area contributed by atoms with Crippen molar-refractivity contribution in [2.75, 3.05) is 0 Å². The Morgan fingerprint density at radius 3 is 2.84 bits per heavy atom. The van der Waals surface area contributed by atoms with Gasteiger partial charge in [-0.1, -0.05) is 6.07 Å². The van der Waals surface area contributed by atoms with E-state index in [1.54, 1.807) is 0 Å². The fraction of sp³-hybridized carbons (Fsp3) is 0.533. The number of hydrogen-bond acceptors (Lipinski definition) is 4. The van der Waals surface area contributed by atoms with Crippen LogP contribution in [-0.4, -0.2) is 16.7 Å². The van der Waals surface area contributed by atoms with E-state index in [9.17, 15) is 9.59 Å². The molecular weight excluding hydrogens is 242 g/mol. The summed E-state index contributed by atoms with van der Waals surface area (Å²) in [5.41, 5.74) is 3.61. The van der Waals surface area contributed by atoms with Crippen molar-refractivity contribution in [1.82, 2.24) is 4.98 Å². The zero-order valence-corrected chi connectivity index (χ0v) is 11.1. The number of rotatable bonds is 1. The van der Waals surface area contributed by atoms with E-state index in [-0.39, 0.29) is 17.9 Å². The molecule has 0 amide bonds. The molecule has 0 aliphatic heterocycles. The Kier molecular flexibility index (Phi) is 3.09. The minimum Gasteiger partial charge on any atom is -0.456 e. The number of pyridine rings is 1. The van der Waals surface area contributed by atoms with Crippen LogP contribution in [0.15, 0.2) is 6.07 Å². The molecule has 1 unspecified atom stereocenters.